The summed E-state index contributed by atoms with van der Waals surface area (Å²) in [6, 6.07) is 12.0. The van der Waals surface area contributed by atoms with Crippen LogP contribution in [0.15, 0.2) is 54.9 Å². The SMILES string of the molecule is O=C(c1ccncc1)N1CCC(Nc2ccc3cc([N+](=O)[O-])ccc3n2)CC1. The van der Waals surface area contributed by atoms with Crippen molar-refractivity contribution in [1.82, 2.24) is 14.9 Å². The lowest BCUT2D eigenvalue weighted by Crippen LogP contribution is -2.42. The zero-order valence-corrected chi connectivity index (χ0v) is 15.1. The van der Waals surface area contributed by atoms with Crippen LogP contribution in [0.25, 0.3) is 10.9 Å². The molecule has 3 heterocycles. The van der Waals surface area contributed by atoms with Gasteiger partial charge in [-0.3, -0.25) is 19.9 Å². The molecule has 1 aliphatic heterocycles. The highest BCUT2D eigenvalue weighted by atomic mass is 16.6. The van der Waals surface area contributed by atoms with Gasteiger partial charge in [0.1, 0.15) is 5.82 Å². The highest BCUT2D eigenvalue weighted by Crippen LogP contribution is 2.23. The summed E-state index contributed by atoms with van der Waals surface area (Å²) in [5.41, 5.74) is 1.42. The largest absolute Gasteiger partial charge is 0.367 e. The standard InChI is InChI=1S/C20H19N5O3/c26-20(14-5-9-21-10-6-14)24-11-7-16(8-12-24)22-19-4-1-15-13-17(25(27)28)2-3-18(15)23-19/h1-6,9-10,13,16H,7-8,11-12H2,(H,22,23). The highest BCUT2D eigenvalue weighted by Gasteiger charge is 2.23. The number of non-ortho nitro benzene ring substituents is 1. The van der Waals surface area contributed by atoms with Crippen molar-refractivity contribution in [3.05, 3.63) is 70.5 Å². The van der Waals surface area contributed by atoms with Crippen LogP contribution in [-0.2, 0) is 0 Å². The predicted molar refractivity (Wildman–Crippen MR) is 105 cm³/mol. The van der Waals surface area contributed by atoms with Crippen molar-refractivity contribution in [2.75, 3.05) is 18.4 Å². The first kappa shape index (κ1) is 17.8. The molecule has 8 heteroatoms. The minimum atomic E-state index is -0.410. The van der Waals surface area contributed by atoms with Gasteiger partial charge in [-0.05, 0) is 43.2 Å². The average Bonchev–Trinajstić information content (AvgIpc) is 2.74. The number of hydrogen-bond acceptors (Lipinski definition) is 6. The van der Waals surface area contributed by atoms with E-state index in [9.17, 15) is 14.9 Å². The fourth-order valence-electron chi connectivity index (χ4n) is 3.42. The maximum Gasteiger partial charge on any atom is 0.270 e. The van der Waals surface area contributed by atoms with Crippen LogP contribution in [0.3, 0.4) is 0 Å². The van der Waals surface area contributed by atoms with Gasteiger partial charge in [0.2, 0.25) is 0 Å². The summed E-state index contributed by atoms with van der Waals surface area (Å²) in [5, 5.41) is 15.0. The Morgan fingerprint density at radius 2 is 1.86 bits per heavy atom. The topological polar surface area (TPSA) is 101 Å². The molecule has 28 heavy (non-hydrogen) atoms. The predicted octanol–water partition coefficient (Wildman–Crippen LogP) is 3.25. The second kappa shape index (κ2) is 7.59. The zero-order chi connectivity index (χ0) is 19.5. The quantitative estimate of drug-likeness (QED) is 0.553. The summed E-state index contributed by atoms with van der Waals surface area (Å²) in [5.74, 6) is 0.770. The molecule has 0 unspecified atom stereocenters. The first-order valence-electron chi connectivity index (χ1n) is 9.11. The molecule has 0 atom stereocenters. The van der Waals surface area contributed by atoms with Crippen LogP contribution in [0.5, 0.6) is 0 Å². The number of benzene rings is 1. The van der Waals surface area contributed by atoms with E-state index in [1.54, 1.807) is 30.6 Å². The molecular formula is C20H19N5O3. The number of anilines is 1. The maximum atomic E-state index is 12.5. The zero-order valence-electron chi connectivity index (χ0n) is 15.1. The molecule has 3 aromatic rings. The van der Waals surface area contributed by atoms with E-state index in [0.717, 1.165) is 24.0 Å². The maximum absolute atomic E-state index is 12.5. The first-order chi connectivity index (χ1) is 13.6. The number of nitro groups is 1. The van der Waals surface area contributed by atoms with Crippen molar-refractivity contribution in [1.29, 1.82) is 0 Å². The molecule has 2 aromatic heterocycles. The van der Waals surface area contributed by atoms with E-state index < -0.39 is 4.92 Å². The Bertz CT molecular complexity index is 1020. The molecule has 0 saturated carbocycles. The number of fused-ring (bicyclic) bond motifs is 1. The average molecular weight is 377 g/mol. The van der Waals surface area contributed by atoms with Crippen molar-refractivity contribution in [3.8, 4) is 0 Å². The summed E-state index contributed by atoms with van der Waals surface area (Å²) < 4.78 is 0. The molecule has 1 aromatic carbocycles. The van der Waals surface area contributed by atoms with E-state index in [0.29, 0.717) is 24.2 Å². The van der Waals surface area contributed by atoms with Crippen molar-refractivity contribution in [2.24, 2.45) is 0 Å². The van der Waals surface area contributed by atoms with E-state index in [-0.39, 0.29) is 17.6 Å². The third kappa shape index (κ3) is 3.75. The number of carbonyl (C=O) groups excluding carboxylic acids is 1. The summed E-state index contributed by atoms with van der Waals surface area (Å²) in [7, 11) is 0. The van der Waals surface area contributed by atoms with Crippen LogP contribution in [-0.4, -0.2) is 44.8 Å². The molecule has 1 fully saturated rings. The molecule has 8 nitrogen and oxygen atoms in total. The van der Waals surface area contributed by atoms with Crippen molar-refractivity contribution >= 4 is 28.3 Å². The fourth-order valence-corrected chi connectivity index (χ4v) is 3.42. The van der Waals surface area contributed by atoms with Gasteiger partial charge in [-0.25, -0.2) is 4.98 Å². The van der Waals surface area contributed by atoms with Gasteiger partial charge < -0.3 is 10.2 Å². The number of carbonyl (C=O) groups is 1. The second-order valence-corrected chi connectivity index (χ2v) is 6.78. The Morgan fingerprint density at radius 1 is 1.11 bits per heavy atom. The van der Waals surface area contributed by atoms with Crippen LogP contribution < -0.4 is 5.32 Å². The van der Waals surface area contributed by atoms with E-state index >= 15 is 0 Å². The van der Waals surface area contributed by atoms with Gasteiger partial charge in [0, 0.05) is 54.6 Å². The minimum Gasteiger partial charge on any atom is -0.367 e. The lowest BCUT2D eigenvalue weighted by molar-refractivity contribution is -0.384. The number of nitrogens with one attached hydrogen (secondary N) is 1. The summed E-state index contributed by atoms with van der Waals surface area (Å²) in [6.07, 6.45) is 4.91. The van der Waals surface area contributed by atoms with Gasteiger partial charge in [0.15, 0.2) is 0 Å². The molecule has 1 N–H and O–H groups in total. The molecule has 4 rings (SSSR count). The number of rotatable bonds is 4. The molecule has 0 bridgehead atoms. The summed E-state index contributed by atoms with van der Waals surface area (Å²) in [6.45, 7) is 1.36. The Kier molecular flexibility index (Phi) is 4.84. The Hall–Kier alpha value is -3.55. The number of hydrogen-bond donors (Lipinski definition) is 1. The van der Waals surface area contributed by atoms with Gasteiger partial charge in [0.05, 0.1) is 10.4 Å². The number of nitro benzene ring substituents is 1. The molecular weight excluding hydrogens is 358 g/mol. The molecule has 0 radical (unpaired) electrons. The summed E-state index contributed by atoms with van der Waals surface area (Å²) >= 11 is 0. The summed E-state index contributed by atoms with van der Waals surface area (Å²) in [4.78, 5) is 33.3. The molecule has 1 saturated heterocycles. The number of aromatic nitrogens is 2. The Morgan fingerprint density at radius 3 is 2.57 bits per heavy atom. The fraction of sp³-hybridized carbons (Fsp3) is 0.250. The number of piperidine rings is 1. The third-order valence-corrected chi connectivity index (χ3v) is 4.95. The van der Waals surface area contributed by atoms with Crippen LogP contribution in [0, 0.1) is 10.1 Å². The van der Waals surface area contributed by atoms with E-state index in [2.05, 4.69) is 15.3 Å². The van der Waals surface area contributed by atoms with E-state index in [4.69, 9.17) is 0 Å². The monoisotopic (exact) mass is 377 g/mol. The third-order valence-electron chi connectivity index (χ3n) is 4.95. The molecule has 0 spiro atoms. The van der Waals surface area contributed by atoms with Gasteiger partial charge in [-0.15, -0.1) is 0 Å². The van der Waals surface area contributed by atoms with Crippen LogP contribution >= 0.6 is 0 Å². The van der Waals surface area contributed by atoms with Gasteiger partial charge in [-0.1, -0.05) is 0 Å². The molecule has 0 aliphatic carbocycles. The second-order valence-electron chi connectivity index (χ2n) is 6.78. The van der Waals surface area contributed by atoms with Crippen LogP contribution in [0.4, 0.5) is 11.5 Å². The highest BCUT2D eigenvalue weighted by molar-refractivity contribution is 5.94. The number of nitrogens with zero attached hydrogens (tertiary/aromatic N) is 4. The van der Waals surface area contributed by atoms with E-state index in [1.807, 2.05) is 17.0 Å². The molecule has 142 valence electrons. The minimum absolute atomic E-state index is 0.0336. The van der Waals surface area contributed by atoms with Gasteiger partial charge in [0.25, 0.3) is 11.6 Å². The Labute approximate surface area is 161 Å². The first-order valence-corrected chi connectivity index (χ1v) is 9.11. The van der Waals surface area contributed by atoms with Gasteiger partial charge >= 0.3 is 0 Å². The smallest absolute Gasteiger partial charge is 0.270 e. The normalized spacial score (nSPS) is 14.8. The molecule has 1 amide bonds. The van der Waals surface area contributed by atoms with Crippen LogP contribution in [0.2, 0.25) is 0 Å². The Balaban J connectivity index is 1.38. The van der Waals surface area contributed by atoms with Gasteiger partial charge in [-0.2, -0.15) is 0 Å². The van der Waals surface area contributed by atoms with Crippen LogP contribution in [0.1, 0.15) is 23.2 Å². The number of pyridine rings is 2. The lowest BCUT2D eigenvalue weighted by atomic mass is 10.0. The number of amides is 1. The lowest BCUT2D eigenvalue weighted by Gasteiger charge is -2.32. The van der Waals surface area contributed by atoms with Crippen molar-refractivity contribution in [3.63, 3.8) is 0 Å². The van der Waals surface area contributed by atoms with Crippen molar-refractivity contribution < 1.29 is 9.72 Å². The van der Waals surface area contributed by atoms with Crippen molar-refractivity contribution in [2.45, 2.75) is 18.9 Å². The molecule has 1 aliphatic rings. The number of likely N-dealkylation sites (tertiary alicyclic amines) is 1. The van der Waals surface area contributed by atoms with E-state index in [1.165, 1.54) is 12.1 Å².